The standard InChI is InChI=1S/C16H17N/c17-16-14-9-5-4-8-13(14)10-11-15(16)12-6-2-1-3-7-12/h2,4-6,8-12H,1,3,7,17H2. The molecule has 0 fully saturated rings. The number of rotatable bonds is 1. The van der Waals surface area contributed by atoms with E-state index in [2.05, 4.69) is 48.6 Å². The fourth-order valence-corrected chi connectivity index (χ4v) is 2.71. The van der Waals surface area contributed by atoms with Crippen LogP contribution in [-0.2, 0) is 0 Å². The van der Waals surface area contributed by atoms with Gasteiger partial charge in [-0.25, -0.2) is 0 Å². The lowest BCUT2D eigenvalue weighted by Gasteiger charge is -2.19. The van der Waals surface area contributed by atoms with Crippen LogP contribution < -0.4 is 5.73 Å². The van der Waals surface area contributed by atoms with E-state index in [1.54, 1.807) is 0 Å². The monoisotopic (exact) mass is 223 g/mol. The highest BCUT2D eigenvalue weighted by molar-refractivity contribution is 5.94. The van der Waals surface area contributed by atoms with E-state index in [1.165, 1.54) is 35.6 Å². The van der Waals surface area contributed by atoms with E-state index >= 15 is 0 Å². The summed E-state index contributed by atoms with van der Waals surface area (Å²) in [5, 5.41) is 2.41. The molecule has 0 radical (unpaired) electrons. The molecular formula is C16H17N. The van der Waals surface area contributed by atoms with Gasteiger partial charge in [-0.2, -0.15) is 0 Å². The lowest BCUT2D eigenvalue weighted by atomic mass is 9.87. The molecule has 1 unspecified atom stereocenters. The normalized spacial score (nSPS) is 19.6. The zero-order valence-corrected chi connectivity index (χ0v) is 9.89. The van der Waals surface area contributed by atoms with E-state index in [4.69, 9.17) is 5.73 Å². The molecule has 0 aromatic heterocycles. The molecule has 0 spiro atoms. The summed E-state index contributed by atoms with van der Waals surface area (Å²) < 4.78 is 0. The lowest BCUT2D eigenvalue weighted by Crippen LogP contribution is -2.03. The Bertz CT molecular complexity index is 569. The number of fused-ring (bicyclic) bond motifs is 1. The van der Waals surface area contributed by atoms with Crippen LogP contribution in [0.1, 0.15) is 30.7 Å². The topological polar surface area (TPSA) is 26.0 Å². The molecule has 0 saturated heterocycles. The third-order valence-electron chi connectivity index (χ3n) is 3.66. The van der Waals surface area contributed by atoms with E-state index in [1.807, 2.05) is 0 Å². The van der Waals surface area contributed by atoms with Crippen molar-refractivity contribution in [3.8, 4) is 0 Å². The molecule has 3 rings (SSSR count). The van der Waals surface area contributed by atoms with Gasteiger partial charge in [-0.3, -0.25) is 0 Å². The van der Waals surface area contributed by atoms with E-state index in [-0.39, 0.29) is 0 Å². The highest BCUT2D eigenvalue weighted by Crippen LogP contribution is 2.35. The van der Waals surface area contributed by atoms with Crippen LogP contribution in [0.3, 0.4) is 0 Å². The predicted octanol–water partition coefficient (Wildman–Crippen LogP) is 4.25. The first-order valence-corrected chi connectivity index (χ1v) is 6.30. The van der Waals surface area contributed by atoms with Crippen LogP contribution in [0, 0.1) is 0 Å². The summed E-state index contributed by atoms with van der Waals surface area (Å²) in [7, 11) is 0. The van der Waals surface area contributed by atoms with Gasteiger partial charge in [-0.1, -0.05) is 48.6 Å². The van der Waals surface area contributed by atoms with Gasteiger partial charge in [-0.05, 0) is 30.2 Å². The van der Waals surface area contributed by atoms with Crippen LogP contribution in [-0.4, -0.2) is 0 Å². The number of anilines is 1. The molecule has 2 aromatic rings. The quantitative estimate of drug-likeness (QED) is 0.567. The van der Waals surface area contributed by atoms with Crippen LogP contribution in [0.25, 0.3) is 10.8 Å². The molecule has 2 N–H and O–H groups in total. The largest absolute Gasteiger partial charge is 0.398 e. The summed E-state index contributed by atoms with van der Waals surface area (Å²) in [5.41, 5.74) is 8.57. The summed E-state index contributed by atoms with van der Waals surface area (Å²) in [6.07, 6.45) is 8.29. The van der Waals surface area contributed by atoms with E-state index in [9.17, 15) is 0 Å². The first kappa shape index (κ1) is 10.4. The molecule has 0 aliphatic heterocycles. The Hall–Kier alpha value is -1.76. The third kappa shape index (κ3) is 1.82. The molecule has 1 aliphatic rings. The fourth-order valence-electron chi connectivity index (χ4n) is 2.71. The van der Waals surface area contributed by atoms with Crippen molar-refractivity contribution in [2.24, 2.45) is 0 Å². The van der Waals surface area contributed by atoms with E-state index < -0.39 is 0 Å². The number of nitrogens with two attached hydrogens (primary N) is 1. The average molecular weight is 223 g/mol. The second-order valence-corrected chi connectivity index (χ2v) is 4.76. The van der Waals surface area contributed by atoms with E-state index in [0.717, 1.165) is 5.69 Å². The van der Waals surface area contributed by atoms with Crippen molar-refractivity contribution in [1.29, 1.82) is 0 Å². The maximum absolute atomic E-state index is 6.32. The van der Waals surface area contributed by atoms with Gasteiger partial charge in [0.15, 0.2) is 0 Å². The molecule has 0 saturated carbocycles. The zero-order valence-electron chi connectivity index (χ0n) is 9.89. The maximum Gasteiger partial charge on any atom is 0.0432 e. The number of hydrogen-bond donors (Lipinski definition) is 1. The zero-order chi connectivity index (χ0) is 11.7. The fraction of sp³-hybridized carbons (Fsp3) is 0.250. The van der Waals surface area contributed by atoms with Crippen molar-refractivity contribution in [3.05, 3.63) is 54.1 Å². The van der Waals surface area contributed by atoms with Crippen LogP contribution in [0.5, 0.6) is 0 Å². The van der Waals surface area contributed by atoms with Gasteiger partial charge in [0, 0.05) is 17.0 Å². The second-order valence-electron chi connectivity index (χ2n) is 4.76. The first-order valence-electron chi connectivity index (χ1n) is 6.30. The molecule has 1 heteroatoms. The second kappa shape index (κ2) is 4.25. The minimum absolute atomic E-state index is 0.508. The Morgan fingerprint density at radius 2 is 1.94 bits per heavy atom. The number of nitrogen functional groups attached to an aromatic ring is 1. The van der Waals surface area contributed by atoms with Crippen molar-refractivity contribution in [3.63, 3.8) is 0 Å². The molecule has 0 amide bonds. The SMILES string of the molecule is Nc1c(C2C=CCCC2)ccc2ccccc12. The molecular weight excluding hydrogens is 206 g/mol. The molecule has 1 aliphatic carbocycles. The Morgan fingerprint density at radius 3 is 2.76 bits per heavy atom. The Morgan fingerprint density at radius 1 is 1.06 bits per heavy atom. The molecule has 1 nitrogen and oxygen atoms in total. The summed E-state index contributed by atoms with van der Waals surface area (Å²) in [6.45, 7) is 0. The average Bonchev–Trinajstić information content (AvgIpc) is 2.40. The Kier molecular flexibility index (Phi) is 2.60. The van der Waals surface area contributed by atoms with Gasteiger partial charge >= 0.3 is 0 Å². The van der Waals surface area contributed by atoms with E-state index in [0.29, 0.717) is 5.92 Å². The van der Waals surface area contributed by atoms with Gasteiger partial charge in [0.05, 0.1) is 0 Å². The molecule has 17 heavy (non-hydrogen) atoms. The van der Waals surface area contributed by atoms with Crippen LogP contribution in [0.2, 0.25) is 0 Å². The summed E-state index contributed by atoms with van der Waals surface area (Å²) >= 11 is 0. The molecule has 0 bridgehead atoms. The van der Waals surface area contributed by atoms with Gasteiger partial charge in [0.2, 0.25) is 0 Å². The van der Waals surface area contributed by atoms with Crippen molar-refractivity contribution in [1.82, 2.24) is 0 Å². The highest BCUT2D eigenvalue weighted by Gasteiger charge is 2.14. The summed E-state index contributed by atoms with van der Waals surface area (Å²) in [4.78, 5) is 0. The first-order chi connectivity index (χ1) is 8.36. The van der Waals surface area contributed by atoms with Gasteiger partial charge in [-0.15, -0.1) is 0 Å². The van der Waals surface area contributed by atoms with Gasteiger partial charge < -0.3 is 5.73 Å². The number of hydrogen-bond acceptors (Lipinski definition) is 1. The van der Waals surface area contributed by atoms with Crippen LogP contribution >= 0.6 is 0 Å². The predicted molar refractivity (Wildman–Crippen MR) is 74.1 cm³/mol. The number of allylic oxidation sites excluding steroid dienone is 2. The lowest BCUT2D eigenvalue weighted by molar-refractivity contribution is 0.656. The van der Waals surface area contributed by atoms with Gasteiger partial charge in [0.1, 0.15) is 0 Å². The summed E-state index contributed by atoms with van der Waals surface area (Å²) in [5.74, 6) is 0.508. The van der Waals surface area contributed by atoms with Gasteiger partial charge in [0.25, 0.3) is 0 Å². The molecule has 1 atom stereocenters. The van der Waals surface area contributed by atoms with Crippen LogP contribution in [0.4, 0.5) is 5.69 Å². The van der Waals surface area contributed by atoms with Crippen molar-refractivity contribution < 1.29 is 0 Å². The summed E-state index contributed by atoms with van der Waals surface area (Å²) in [6, 6.07) is 12.7. The molecule has 2 aromatic carbocycles. The minimum Gasteiger partial charge on any atom is -0.398 e. The Labute approximate surface area is 102 Å². The molecule has 86 valence electrons. The Balaban J connectivity index is 2.14. The van der Waals surface area contributed by atoms with Crippen molar-refractivity contribution >= 4 is 16.5 Å². The smallest absolute Gasteiger partial charge is 0.0432 e. The van der Waals surface area contributed by atoms with Crippen LogP contribution in [0.15, 0.2) is 48.6 Å². The number of benzene rings is 2. The third-order valence-corrected chi connectivity index (χ3v) is 3.66. The minimum atomic E-state index is 0.508. The maximum atomic E-state index is 6.32. The molecule has 0 heterocycles. The van der Waals surface area contributed by atoms with Crippen molar-refractivity contribution in [2.45, 2.75) is 25.2 Å². The highest BCUT2D eigenvalue weighted by atomic mass is 14.6. The van der Waals surface area contributed by atoms with Crippen molar-refractivity contribution in [2.75, 3.05) is 5.73 Å².